The molecule has 0 aromatic rings. The van der Waals surface area contributed by atoms with Gasteiger partial charge in [0.15, 0.2) is 0 Å². The maximum absolute atomic E-state index is 13.6. The summed E-state index contributed by atoms with van der Waals surface area (Å²) in [5.41, 5.74) is -2.25. The second-order valence-corrected chi connectivity index (χ2v) is 11.4. The molecular formula is C28H48N4O5. The van der Waals surface area contributed by atoms with Crippen LogP contribution in [0.15, 0.2) is 12.2 Å². The van der Waals surface area contributed by atoms with Crippen molar-refractivity contribution < 1.29 is 24.3 Å². The van der Waals surface area contributed by atoms with Crippen LogP contribution in [0.2, 0.25) is 0 Å². The molecule has 210 valence electrons. The second-order valence-electron chi connectivity index (χ2n) is 11.4. The van der Waals surface area contributed by atoms with Crippen molar-refractivity contribution in [1.29, 1.82) is 0 Å². The first-order chi connectivity index (χ1) is 17.4. The van der Waals surface area contributed by atoms with Crippen LogP contribution in [0.5, 0.6) is 0 Å². The summed E-state index contributed by atoms with van der Waals surface area (Å²) in [4.78, 5) is 54.3. The Morgan fingerprint density at radius 1 is 1.14 bits per heavy atom. The zero-order valence-corrected chi connectivity index (χ0v) is 23.5. The molecule has 0 aromatic heterocycles. The minimum absolute atomic E-state index is 0.113. The molecule has 2 bridgehead atoms. The Labute approximate surface area is 222 Å². The highest BCUT2D eigenvalue weighted by Crippen LogP contribution is 2.32. The number of allylic oxidation sites excluding steroid dienone is 2. The standard InChI is InChI=1S/C28H48N4O5/c1-7-13-20-14-11-9-8-10-12-15-21-17-23(31-25(34)22(16-18(2)3)30-24(20)33)28(37,32(6)26(21)35)27(36)29-19(4)5/h10,12,18-23,37H,7-9,11,13-17H2,1-6H3,(H,29,36)(H,30,33)(H,31,34)/b12-10+/t20?,21?,22-,23?,28?/m0/s1. The van der Waals surface area contributed by atoms with Crippen LogP contribution in [0.1, 0.15) is 92.4 Å². The first-order valence-electron chi connectivity index (χ1n) is 14.0. The molecule has 1 saturated heterocycles. The van der Waals surface area contributed by atoms with Crippen molar-refractivity contribution in [2.75, 3.05) is 7.05 Å². The van der Waals surface area contributed by atoms with E-state index in [1.165, 1.54) is 7.05 Å². The minimum Gasteiger partial charge on any atom is -0.361 e. The van der Waals surface area contributed by atoms with Crippen LogP contribution in [0.3, 0.4) is 0 Å². The van der Waals surface area contributed by atoms with Crippen molar-refractivity contribution in [2.45, 2.75) is 116 Å². The zero-order valence-electron chi connectivity index (χ0n) is 23.5. The van der Waals surface area contributed by atoms with Crippen molar-refractivity contribution in [3.05, 3.63) is 12.2 Å². The first kappa shape index (κ1) is 30.8. The van der Waals surface area contributed by atoms with E-state index >= 15 is 0 Å². The maximum atomic E-state index is 13.6. The molecule has 0 saturated carbocycles. The largest absolute Gasteiger partial charge is 0.361 e. The van der Waals surface area contributed by atoms with Crippen LogP contribution < -0.4 is 16.0 Å². The van der Waals surface area contributed by atoms with Gasteiger partial charge in [-0.05, 0) is 64.7 Å². The van der Waals surface area contributed by atoms with E-state index in [4.69, 9.17) is 0 Å². The summed E-state index contributed by atoms with van der Waals surface area (Å²) in [6.07, 6.45) is 10.1. The van der Waals surface area contributed by atoms with Crippen LogP contribution in [0.4, 0.5) is 0 Å². The predicted molar refractivity (Wildman–Crippen MR) is 143 cm³/mol. The number of piperidine rings is 1. The molecule has 9 heteroatoms. The number of aliphatic hydroxyl groups is 1. The average Bonchev–Trinajstić information content (AvgIpc) is 2.81. The fraction of sp³-hybridized carbons (Fsp3) is 0.786. The zero-order chi connectivity index (χ0) is 27.8. The molecule has 2 heterocycles. The fourth-order valence-electron chi connectivity index (χ4n) is 5.31. The number of hydrogen-bond donors (Lipinski definition) is 4. The average molecular weight is 521 g/mol. The van der Waals surface area contributed by atoms with Gasteiger partial charge in [-0.15, -0.1) is 0 Å². The Bertz CT molecular complexity index is 842. The lowest BCUT2D eigenvalue weighted by atomic mass is 9.82. The van der Waals surface area contributed by atoms with E-state index in [0.717, 1.165) is 43.4 Å². The summed E-state index contributed by atoms with van der Waals surface area (Å²) >= 11 is 0. The molecule has 0 radical (unpaired) electrons. The summed E-state index contributed by atoms with van der Waals surface area (Å²) in [5, 5.41) is 20.2. The molecule has 2 aliphatic rings. The summed E-state index contributed by atoms with van der Waals surface area (Å²) in [6, 6.07) is -2.12. The molecule has 4 amide bonds. The van der Waals surface area contributed by atoms with Gasteiger partial charge in [0, 0.05) is 24.9 Å². The monoisotopic (exact) mass is 520 g/mol. The molecule has 2 aliphatic heterocycles. The van der Waals surface area contributed by atoms with E-state index in [0.29, 0.717) is 12.8 Å². The van der Waals surface area contributed by atoms with Crippen LogP contribution in [-0.4, -0.2) is 64.5 Å². The quantitative estimate of drug-likeness (QED) is 0.400. The van der Waals surface area contributed by atoms with Gasteiger partial charge in [-0.25, -0.2) is 0 Å². The first-order valence-corrected chi connectivity index (χ1v) is 14.0. The molecule has 4 N–H and O–H groups in total. The number of nitrogens with zero attached hydrogens (tertiary/aromatic N) is 1. The second kappa shape index (κ2) is 13.9. The number of fused-ring (bicyclic) bond motifs is 2. The van der Waals surface area contributed by atoms with Crippen molar-refractivity contribution in [1.82, 2.24) is 20.9 Å². The van der Waals surface area contributed by atoms with Crippen LogP contribution in [0, 0.1) is 17.8 Å². The molecular weight excluding hydrogens is 472 g/mol. The molecule has 1 fully saturated rings. The van der Waals surface area contributed by atoms with E-state index < -0.39 is 35.5 Å². The van der Waals surface area contributed by atoms with Gasteiger partial charge in [-0.1, -0.05) is 45.8 Å². The summed E-state index contributed by atoms with van der Waals surface area (Å²) in [7, 11) is 1.40. The van der Waals surface area contributed by atoms with E-state index in [-0.39, 0.29) is 36.1 Å². The van der Waals surface area contributed by atoms with Crippen LogP contribution in [0.25, 0.3) is 0 Å². The number of amides is 4. The lowest BCUT2D eigenvalue weighted by Gasteiger charge is -2.48. The van der Waals surface area contributed by atoms with Gasteiger partial charge in [0.1, 0.15) is 6.04 Å². The maximum Gasteiger partial charge on any atom is 0.275 e. The van der Waals surface area contributed by atoms with E-state index in [9.17, 15) is 24.3 Å². The van der Waals surface area contributed by atoms with E-state index in [1.807, 2.05) is 32.9 Å². The number of rotatable bonds is 6. The number of nitrogens with one attached hydrogen (secondary N) is 3. The molecule has 4 unspecified atom stereocenters. The van der Waals surface area contributed by atoms with E-state index in [1.54, 1.807) is 13.8 Å². The van der Waals surface area contributed by atoms with Crippen molar-refractivity contribution >= 4 is 23.6 Å². The number of likely N-dealkylation sites (N-methyl/N-ethyl adjacent to an activating group) is 1. The third kappa shape index (κ3) is 8.03. The Hall–Kier alpha value is -2.42. The van der Waals surface area contributed by atoms with Crippen LogP contribution in [-0.2, 0) is 19.2 Å². The van der Waals surface area contributed by atoms with Crippen molar-refractivity contribution in [3.63, 3.8) is 0 Å². The molecule has 0 aliphatic carbocycles. The minimum atomic E-state index is -2.25. The number of likely N-dealkylation sites (tertiary alicyclic amines) is 1. The van der Waals surface area contributed by atoms with Gasteiger partial charge in [0.25, 0.3) is 5.91 Å². The van der Waals surface area contributed by atoms with Gasteiger partial charge < -0.3 is 26.0 Å². The Morgan fingerprint density at radius 2 is 1.84 bits per heavy atom. The highest BCUT2D eigenvalue weighted by molar-refractivity contribution is 5.94. The SMILES string of the molecule is CCCC1CCCC/C=C/CC2CC(NC(=O)[C@H](CC(C)C)NC1=O)C(O)(C(=O)NC(C)C)N(C)C2=O. The Morgan fingerprint density at radius 3 is 2.46 bits per heavy atom. The third-order valence-corrected chi connectivity index (χ3v) is 7.38. The molecule has 0 spiro atoms. The highest BCUT2D eigenvalue weighted by atomic mass is 16.3. The third-order valence-electron chi connectivity index (χ3n) is 7.38. The summed E-state index contributed by atoms with van der Waals surface area (Å²) in [6.45, 7) is 9.53. The fourth-order valence-corrected chi connectivity index (χ4v) is 5.31. The van der Waals surface area contributed by atoms with Crippen molar-refractivity contribution in [2.24, 2.45) is 17.8 Å². The molecule has 5 atom stereocenters. The van der Waals surface area contributed by atoms with Gasteiger partial charge in [0.05, 0.1) is 6.04 Å². The number of carbonyl (C=O) groups is 4. The highest BCUT2D eigenvalue weighted by Gasteiger charge is 2.56. The van der Waals surface area contributed by atoms with Gasteiger partial charge in [-0.2, -0.15) is 0 Å². The lowest BCUT2D eigenvalue weighted by Crippen LogP contribution is -2.74. The smallest absolute Gasteiger partial charge is 0.275 e. The number of carbonyl (C=O) groups excluding carboxylic acids is 4. The van der Waals surface area contributed by atoms with Crippen LogP contribution >= 0.6 is 0 Å². The number of hydrogen-bond acceptors (Lipinski definition) is 5. The van der Waals surface area contributed by atoms with Gasteiger partial charge in [0.2, 0.25) is 23.4 Å². The van der Waals surface area contributed by atoms with E-state index in [2.05, 4.69) is 16.0 Å². The predicted octanol–water partition coefficient (Wildman–Crippen LogP) is 2.63. The summed E-state index contributed by atoms with van der Waals surface area (Å²) < 4.78 is 0. The summed E-state index contributed by atoms with van der Waals surface area (Å²) in [5.74, 6) is -2.19. The van der Waals surface area contributed by atoms with Gasteiger partial charge in [-0.3, -0.25) is 19.2 Å². The Balaban J connectivity index is 2.46. The molecule has 37 heavy (non-hydrogen) atoms. The molecule has 9 nitrogen and oxygen atoms in total. The van der Waals surface area contributed by atoms with Crippen molar-refractivity contribution in [3.8, 4) is 0 Å². The normalized spacial score (nSPS) is 31.2. The lowest BCUT2D eigenvalue weighted by molar-refractivity contribution is -0.190. The van der Waals surface area contributed by atoms with Gasteiger partial charge >= 0.3 is 0 Å². The Kier molecular flexibility index (Phi) is 11.6. The molecule has 2 rings (SSSR count). The molecule has 0 aromatic carbocycles. The topological polar surface area (TPSA) is 128 Å².